The van der Waals surface area contributed by atoms with Crippen LogP contribution in [-0.4, -0.2) is 40.8 Å². The third kappa shape index (κ3) is 4.06. The molecule has 3 aromatic rings. The van der Waals surface area contributed by atoms with Gasteiger partial charge < -0.3 is 14.8 Å². The second kappa shape index (κ2) is 7.65. The zero-order chi connectivity index (χ0) is 17.6. The maximum absolute atomic E-state index is 12.0. The Hall–Kier alpha value is -3.09. The van der Waals surface area contributed by atoms with Crippen LogP contribution in [0.1, 0.15) is 11.4 Å². The molecule has 1 aromatic carbocycles. The average molecular weight is 340 g/mol. The lowest BCUT2D eigenvalue weighted by Crippen LogP contribution is -2.31. The van der Waals surface area contributed by atoms with Crippen LogP contribution in [0.25, 0.3) is 5.65 Å². The summed E-state index contributed by atoms with van der Waals surface area (Å²) in [6, 6.07) is 11.3. The molecule has 0 spiro atoms. The maximum atomic E-state index is 12.0. The molecule has 2 heterocycles. The van der Waals surface area contributed by atoms with E-state index < -0.39 is 0 Å². The first-order valence-electron chi connectivity index (χ1n) is 8.00. The van der Waals surface area contributed by atoms with Crippen LogP contribution in [0, 0.1) is 6.92 Å². The SMILES string of the molecule is COc1cc(C)ccc1OCC(=O)NCCc1nnc2ccccn12. The molecule has 25 heavy (non-hydrogen) atoms. The number of hydrogen-bond donors (Lipinski definition) is 1. The van der Waals surface area contributed by atoms with Gasteiger partial charge >= 0.3 is 0 Å². The molecule has 0 aliphatic heterocycles. The van der Waals surface area contributed by atoms with Crippen molar-refractivity contribution in [2.45, 2.75) is 13.3 Å². The highest BCUT2D eigenvalue weighted by atomic mass is 16.5. The number of ether oxygens (including phenoxy) is 2. The molecule has 7 nitrogen and oxygen atoms in total. The first-order valence-corrected chi connectivity index (χ1v) is 8.00. The van der Waals surface area contributed by atoms with E-state index in [1.165, 1.54) is 0 Å². The summed E-state index contributed by atoms with van der Waals surface area (Å²) in [4.78, 5) is 12.0. The second-order valence-electron chi connectivity index (χ2n) is 5.59. The number of rotatable bonds is 7. The molecule has 1 amide bonds. The molecule has 130 valence electrons. The van der Waals surface area contributed by atoms with Crippen LogP contribution in [0.15, 0.2) is 42.6 Å². The summed E-state index contributed by atoms with van der Waals surface area (Å²) >= 11 is 0. The van der Waals surface area contributed by atoms with Gasteiger partial charge in [-0.15, -0.1) is 10.2 Å². The summed E-state index contributed by atoms with van der Waals surface area (Å²) in [6.07, 6.45) is 2.49. The number of pyridine rings is 1. The number of aromatic nitrogens is 3. The largest absolute Gasteiger partial charge is 0.493 e. The van der Waals surface area contributed by atoms with E-state index in [1.807, 2.05) is 47.9 Å². The fourth-order valence-electron chi connectivity index (χ4n) is 2.46. The van der Waals surface area contributed by atoms with E-state index in [-0.39, 0.29) is 12.5 Å². The monoisotopic (exact) mass is 340 g/mol. The molecule has 0 atom stereocenters. The maximum Gasteiger partial charge on any atom is 0.257 e. The molecule has 0 aliphatic rings. The predicted octanol–water partition coefficient (Wildman–Crippen LogP) is 1.78. The average Bonchev–Trinajstić information content (AvgIpc) is 3.04. The van der Waals surface area contributed by atoms with Gasteiger partial charge in [0.05, 0.1) is 7.11 Å². The van der Waals surface area contributed by atoms with Gasteiger partial charge in [0, 0.05) is 19.2 Å². The molecule has 3 rings (SSSR count). The molecule has 0 unspecified atom stereocenters. The standard InChI is InChI=1S/C18H20N4O3/c1-13-6-7-14(15(11-13)24-2)25-12-18(23)19-9-8-17-21-20-16-5-3-4-10-22(16)17/h3-7,10-11H,8-9,12H2,1-2H3,(H,19,23). The Morgan fingerprint density at radius 2 is 2.08 bits per heavy atom. The van der Waals surface area contributed by atoms with Crippen molar-refractivity contribution in [3.05, 3.63) is 54.0 Å². The summed E-state index contributed by atoms with van der Waals surface area (Å²) in [5, 5.41) is 11.0. The van der Waals surface area contributed by atoms with Crippen LogP contribution in [0.4, 0.5) is 0 Å². The fourth-order valence-corrected chi connectivity index (χ4v) is 2.46. The minimum absolute atomic E-state index is 0.0694. The highest BCUT2D eigenvalue weighted by molar-refractivity contribution is 5.77. The van der Waals surface area contributed by atoms with Gasteiger partial charge in [0.15, 0.2) is 23.8 Å². The number of amides is 1. The third-order valence-electron chi connectivity index (χ3n) is 3.73. The zero-order valence-electron chi connectivity index (χ0n) is 14.2. The van der Waals surface area contributed by atoms with Crippen LogP contribution >= 0.6 is 0 Å². The van der Waals surface area contributed by atoms with E-state index in [2.05, 4.69) is 15.5 Å². The molecular formula is C18H20N4O3. The van der Waals surface area contributed by atoms with E-state index in [1.54, 1.807) is 13.2 Å². The number of methoxy groups -OCH3 is 1. The Balaban J connectivity index is 1.49. The zero-order valence-corrected chi connectivity index (χ0v) is 14.2. The van der Waals surface area contributed by atoms with Crippen molar-refractivity contribution in [3.8, 4) is 11.5 Å². The number of nitrogens with one attached hydrogen (secondary N) is 1. The minimum atomic E-state index is -0.198. The Morgan fingerprint density at radius 1 is 1.20 bits per heavy atom. The van der Waals surface area contributed by atoms with Crippen molar-refractivity contribution in [1.29, 1.82) is 0 Å². The molecule has 0 saturated heterocycles. The van der Waals surface area contributed by atoms with Crippen LogP contribution in [0.2, 0.25) is 0 Å². The van der Waals surface area contributed by atoms with Crippen molar-refractivity contribution in [3.63, 3.8) is 0 Å². The predicted molar refractivity (Wildman–Crippen MR) is 92.9 cm³/mol. The second-order valence-corrected chi connectivity index (χ2v) is 5.59. The Labute approximate surface area is 145 Å². The molecule has 7 heteroatoms. The molecular weight excluding hydrogens is 320 g/mol. The summed E-state index contributed by atoms with van der Waals surface area (Å²) in [5.74, 6) is 1.77. The van der Waals surface area contributed by atoms with Crippen molar-refractivity contribution >= 4 is 11.6 Å². The Morgan fingerprint density at radius 3 is 2.92 bits per heavy atom. The van der Waals surface area contributed by atoms with Gasteiger partial charge in [0.1, 0.15) is 5.82 Å². The van der Waals surface area contributed by atoms with Crippen molar-refractivity contribution < 1.29 is 14.3 Å². The van der Waals surface area contributed by atoms with E-state index in [0.29, 0.717) is 24.5 Å². The van der Waals surface area contributed by atoms with Gasteiger partial charge in [-0.3, -0.25) is 9.20 Å². The van der Waals surface area contributed by atoms with Gasteiger partial charge in [-0.1, -0.05) is 12.1 Å². The Kier molecular flexibility index (Phi) is 5.13. The highest BCUT2D eigenvalue weighted by Crippen LogP contribution is 2.27. The van der Waals surface area contributed by atoms with E-state index in [9.17, 15) is 4.79 Å². The number of hydrogen-bond acceptors (Lipinski definition) is 5. The normalized spacial score (nSPS) is 10.6. The number of fused-ring (bicyclic) bond motifs is 1. The van der Waals surface area contributed by atoms with Gasteiger partial charge in [0.25, 0.3) is 5.91 Å². The lowest BCUT2D eigenvalue weighted by molar-refractivity contribution is -0.123. The number of carbonyl (C=O) groups excluding carboxylic acids is 1. The fraction of sp³-hybridized carbons (Fsp3) is 0.278. The van der Waals surface area contributed by atoms with Crippen LogP contribution in [0.5, 0.6) is 11.5 Å². The third-order valence-corrected chi connectivity index (χ3v) is 3.73. The van der Waals surface area contributed by atoms with Crippen molar-refractivity contribution in [1.82, 2.24) is 19.9 Å². The smallest absolute Gasteiger partial charge is 0.257 e. The minimum Gasteiger partial charge on any atom is -0.493 e. The lowest BCUT2D eigenvalue weighted by Gasteiger charge is -2.11. The van der Waals surface area contributed by atoms with Gasteiger partial charge in [0.2, 0.25) is 0 Å². The Bertz CT molecular complexity index is 876. The van der Waals surface area contributed by atoms with Crippen molar-refractivity contribution in [2.75, 3.05) is 20.3 Å². The number of benzene rings is 1. The molecule has 0 aliphatic carbocycles. The number of aryl methyl sites for hydroxylation is 1. The summed E-state index contributed by atoms with van der Waals surface area (Å²) in [6.45, 7) is 2.36. The van der Waals surface area contributed by atoms with E-state index in [4.69, 9.17) is 9.47 Å². The molecule has 0 fully saturated rings. The molecule has 0 radical (unpaired) electrons. The topological polar surface area (TPSA) is 77.8 Å². The van der Waals surface area contributed by atoms with E-state index in [0.717, 1.165) is 17.0 Å². The van der Waals surface area contributed by atoms with Crippen molar-refractivity contribution in [2.24, 2.45) is 0 Å². The summed E-state index contributed by atoms with van der Waals surface area (Å²) in [7, 11) is 1.57. The summed E-state index contributed by atoms with van der Waals surface area (Å²) in [5.41, 5.74) is 1.85. The van der Waals surface area contributed by atoms with Gasteiger partial charge in [-0.05, 0) is 36.8 Å². The first-order chi connectivity index (χ1) is 12.2. The van der Waals surface area contributed by atoms with Crippen LogP contribution in [-0.2, 0) is 11.2 Å². The van der Waals surface area contributed by atoms with Crippen LogP contribution in [0.3, 0.4) is 0 Å². The molecule has 0 saturated carbocycles. The quantitative estimate of drug-likeness (QED) is 0.709. The van der Waals surface area contributed by atoms with Gasteiger partial charge in [-0.2, -0.15) is 0 Å². The number of nitrogens with zero attached hydrogens (tertiary/aromatic N) is 3. The first kappa shape index (κ1) is 16.8. The van der Waals surface area contributed by atoms with Gasteiger partial charge in [-0.25, -0.2) is 0 Å². The molecule has 1 N–H and O–H groups in total. The number of carbonyl (C=O) groups is 1. The lowest BCUT2D eigenvalue weighted by atomic mass is 10.2. The molecule has 0 bridgehead atoms. The summed E-state index contributed by atoms with van der Waals surface area (Å²) < 4.78 is 12.7. The highest BCUT2D eigenvalue weighted by Gasteiger charge is 2.09. The van der Waals surface area contributed by atoms with Crippen LogP contribution < -0.4 is 14.8 Å². The molecule has 2 aromatic heterocycles. The van der Waals surface area contributed by atoms with E-state index >= 15 is 0 Å².